The van der Waals surface area contributed by atoms with E-state index in [1.807, 2.05) is 54.6 Å². The number of amidine groups is 1. The van der Waals surface area contributed by atoms with Crippen molar-refractivity contribution in [3.05, 3.63) is 108 Å². The second-order valence-electron chi connectivity index (χ2n) is 8.95. The van der Waals surface area contributed by atoms with Gasteiger partial charge in [-0.1, -0.05) is 48.4 Å². The van der Waals surface area contributed by atoms with Crippen LogP contribution in [0.25, 0.3) is 0 Å². The highest BCUT2D eigenvalue weighted by Crippen LogP contribution is 2.19. The minimum absolute atomic E-state index is 0.558. The summed E-state index contributed by atoms with van der Waals surface area (Å²) in [6, 6.07) is 26.5. The van der Waals surface area contributed by atoms with Crippen LogP contribution in [-0.4, -0.2) is 71.1 Å². The molecule has 1 aliphatic heterocycles. The fourth-order valence-corrected chi connectivity index (χ4v) is 3.90. The number of benzene rings is 3. The number of aliphatic carboxylic acids is 2. The predicted octanol–water partition coefficient (Wildman–Crippen LogP) is 4.61. The van der Waals surface area contributed by atoms with E-state index in [1.165, 1.54) is 11.1 Å². The summed E-state index contributed by atoms with van der Waals surface area (Å²) in [6.45, 7) is 6.96. The number of methoxy groups -OCH3 is 1. The van der Waals surface area contributed by atoms with Gasteiger partial charge in [0, 0.05) is 50.4 Å². The van der Waals surface area contributed by atoms with Crippen molar-refractivity contribution in [1.82, 2.24) is 9.80 Å². The number of carboxylic acids is 2. The average Bonchev–Trinajstić information content (AvgIpc) is 2.97. The Bertz CT molecular complexity index is 1370. The topological polar surface area (TPSA) is 103 Å². The molecule has 1 heterocycles. The molecule has 3 aromatic carbocycles. The lowest BCUT2D eigenvalue weighted by Crippen LogP contribution is -2.48. The average molecular weight is 540 g/mol. The Morgan fingerprint density at radius 1 is 0.875 bits per heavy atom. The summed E-state index contributed by atoms with van der Waals surface area (Å²) in [5.41, 5.74) is 4.63. The highest BCUT2D eigenvalue weighted by Gasteiger charge is 2.19. The molecule has 1 fully saturated rings. The molecule has 0 unspecified atom stereocenters. The molecule has 8 nitrogen and oxygen atoms in total. The van der Waals surface area contributed by atoms with Gasteiger partial charge in [0.1, 0.15) is 5.75 Å². The smallest absolute Gasteiger partial charge is 0.328 e. The van der Waals surface area contributed by atoms with Crippen LogP contribution in [0.1, 0.15) is 16.7 Å². The fraction of sp³-hybridized carbons (Fsp3) is 0.219. The van der Waals surface area contributed by atoms with E-state index in [4.69, 9.17) is 19.9 Å². The number of ether oxygens (including phenoxy) is 1. The van der Waals surface area contributed by atoms with Crippen LogP contribution in [0.15, 0.2) is 96.0 Å². The third-order valence-electron chi connectivity index (χ3n) is 6.10. The van der Waals surface area contributed by atoms with Crippen molar-refractivity contribution in [3.63, 3.8) is 0 Å². The van der Waals surface area contributed by atoms with Crippen LogP contribution < -0.4 is 4.74 Å². The third-order valence-corrected chi connectivity index (χ3v) is 6.10. The summed E-state index contributed by atoms with van der Waals surface area (Å²) in [7, 11) is 1.67. The lowest BCUT2D eigenvalue weighted by atomic mass is 10.1. The molecule has 0 saturated carbocycles. The second-order valence-corrected chi connectivity index (χ2v) is 8.95. The molecule has 0 radical (unpaired) electrons. The van der Waals surface area contributed by atoms with Gasteiger partial charge in [-0.25, -0.2) is 14.6 Å². The van der Waals surface area contributed by atoms with Crippen molar-refractivity contribution in [2.45, 2.75) is 13.5 Å². The Hall–Kier alpha value is -4.87. The van der Waals surface area contributed by atoms with Crippen molar-refractivity contribution >= 4 is 23.5 Å². The first-order valence-electron chi connectivity index (χ1n) is 12.8. The van der Waals surface area contributed by atoms with E-state index in [1.54, 1.807) is 7.11 Å². The zero-order valence-corrected chi connectivity index (χ0v) is 22.7. The number of carbonyl (C=O) groups is 2. The van der Waals surface area contributed by atoms with Gasteiger partial charge in [-0.3, -0.25) is 4.90 Å². The minimum atomic E-state index is -1.26. The maximum absolute atomic E-state index is 9.55. The number of nitrogens with zero attached hydrogens (tertiary/aromatic N) is 3. The zero-order chi connectivity index (χ0) is 28.7. The molecular weight excluding hydrogens is 506 g/mol. The summed E-state index contributed by atoms with van der Waals surface area (Å²) in [6.07, 6.45) is 1.12. The van der Waals surface area contributed by atoms with Crippen LogP contribution in [0, 0.1) is 18.8 Å². The summed E-state index contributed by atoms with van der Waals surface area (Å²) in [5, 5.41) is 15.6. The van der Waals surface area contributed by atoms with E-state index in [0.717, 1.165) is 55.6 Å². The molecule has 8 heteroatoms. The lowest BCUT2D eigenvalue weighted by Gasteiger charge is -2.35. The molecule has 0 bridgehead atoms. The van der Waals surface area contributed by atoms with Gasteiger partial charge in [-0.15, -0.1) is 0 Å². The molecule has 0 amide bonds. The van der Waals surface area contributed by atoms with E-state index < -0.39 is 11.9 Å². The fourth-order valence-electron chi connectivity index (χ4n) is 3.90. The van der Waals surface area contributed by atoms with E-state index >= 15 is 0 Å². The predicted molar refractivity (Wildman–Crippen MR) is 156 cm³/mol. The number of rotatable bonds is 6. The first-order chi connectivity index (χ1) is 19.3. The molecule has 40 heavy (non-hydrogen) atoms. The van der Waals surface area contributed by atoms with Gasteiger partial charge in [-0.2, -0.15) is 0 Å². The van der Waals surface area contributed by atoms with Crippen molar-refractivity contribution in [3.8, 4) is 17.6 Å². The summed E-state index contributed by atoms with van der Waals surface area (Å²) in [4.78, 5) is 28.8. The van der Waals surface area contributed by atoms with Crippen LogP contribution in [0.5, 0.6) is 5.75 Å². The SMILES string of the molecule is COc1ccc(/N=C(/C#Cc2ccccc2)N2CCN(Cc3ccccc3C)CC2)cc1.O=C(O)/C=C\C(=O)O. The second kappa shape index (κ2) is 15.5. The Kier molecular flexibility index (Phi) is 11.5. The Labute approximate surface area is 234 Å². The first kappa shape index (κ1) is 29.7. The van der Waals surface area contributed by atoms with E-state index in [9.17, 15) is 9.59 Å². The summed E-state index contributed by atoms with van der Waals surface area (Å²) < 4.78 is 5.27. The highest BCUT2D eigenvalue weighted by molar-refractivity contribution is 6.00. The Morgan fingerprint density at radius 3 is 2.05 bits per heavy atom. The quantitative estimate of drug-likeness (QED) is 0.204. The molecule has 4 rings (SSSR count). The zero-order valence-electron chi connectivity index (χ0n) is 22.7. The van der Waals surface area contributed by atoms with Crippen LogP contribution in [0.2, 0.25) is 0 Å². The van der Waals surface area contributed by atoms with Gasteiger partial charge < -0.3 is 19.8 Å². The van der Waals surface area contributed by atoms with E-state index in [-0.39, 0.29) is 0 Å². The van der Waals surface area contributed by atoms with Crippen molar-refractivity contribution in [2.75, 3.05) is 33.3 Å². The van der Waals surface area contributed by atoms with E-state index in [2.05, 4.69) is 52.8 Å². The molecule has 1 aliphatic rings. The van der Waals surface area contributed by atoms with Crippen LogP contribution in [0.3, 0.4) is 0 Å². The first-order valence-corrected chi connectivity index (χ1v) is 12.8. The number of piperazine rings is 1. The molecule has 3 aromatic rings. The molecule has 0 spiro atoms. The van der Waals surface area contributed by atoms with Crippen LogP contribution >= 0.6 is 0 Å². The summed E-state index contributed by atoms with van der Waals surface area (Å²) in [5.74, 6) is 5.74. The monoisotopic (exact) mass is 539 g/mol. The third kappa shape index (κ3) is 10.1. The van der Waals surface area contributed by atoms with Gasteiger partial charge >= 0.3 is 11.9 Å². The van der Waals surface area contributed by atoms with Gasteiger partial charge in [0.05, 0.1) is 12.8 Å². The van der Waals surface area contributed by atoms with Crippen LogP contribution in [-0.2, 0) is 16.1 Å². The van der Waals surface area contributed by atoms with Crippen molar-refractivity contribution < 1.29 is 24.5 Å². The van der Waals surface area contributed by atoms with Gasteiger partial charge in [0.15, 0.2) is 5.84 Å². The molecule has 0 aliphatic carbocycles. The lowest BCUT2D eigenvalue weighted by molar-refractivity contribution is -0.134. The largest absolute Gasteiger partial charge is 0.497 e. The van der Waals surface area contributed by atoms with Gasteiger partial charge in [0.25, 0.3) is 0 Å². The molecule has 206 valence electrons. The van der Waals surface area contributed by atoms with E-state index in [0.29, 0.717) is 12.2 Å². The summed E-state index contributed by atoms with van der Waals surface area (Å²) >= 11 is 0. The Morgan fingerprint density at radius 2 is 1.48 bits per heavy atom. The molecule has 1 saturated heterocycles. The van der Waals surface area contributed by atoms with Crippen LogP contribution in [0.4, 0.5) is 5.69 Å². The molecule has 2 N–H and O–H groups in total. The van der Waals surface area contributed by atoms with Gasteiger partial charge in [0.2, 0.25) is 0 Å². The molecular formula is C32H33N3O5. The number of aliphatic imine (C=N–C) groups is 1. The maximum Gasteiger partial charge on any atom is 0.328 e. The van der Waals surface area contributed by atoms with Crippen molar-refractivity contribution in [2.24, 2.45) is 4.99 Å². The number of hydrogen-bond acceptors (Lipinski definition) is 5. The van der Waals surface area contributed by atoms with Gasteiger partial charge in [-0.05, 0) is 60.4 Å². The molecule has 0 aromatic heterocycles. The number of aryl methyl sites for hydroxylation is 1. The Balaban J connectivity index is 0.000000482. The highest BCUT2D eigenvalue weighted by atomic mass is 16.5. The standard InChI is InChI=1S/C28H29N3O.C4H4O4/c1-23-8-6-7-11-25(23)22-30-18-20-31(21-19-30)28(17-12-24-9-4-3-5-10-24)29-26-13-15-27(32-2)16-14-26;5-3(6)1-2-4(7)8/h3-11,13-16H,18-22H2,1-2H3;1-2H,(H,5,6)(H,7,8)/b29-28-;2-1-. The molecule has 0 atom stereocenters. The number of carboxylic acid groups (broad SMARTS) is 2. The minimum Gasteiger partial charge on any atom is -0.497 e. The normalized spacial score (nSPS) is 13.6. The maximum atomic E-state index is 9.55. The van der Waals surface area contributed by atoms with Crippen molar-refractivity contribution in [1.29, 1.82) is 0 Å². The number of hydrogen-bond donors (Lipinski definition) is 2.